The van der Waals surface area contributed by atoms with E-state index in [4.69, 9.17) is 4.74 Å². The second-order valence-corrected chi connectivity index (χ2v) is 10.5. The van der Waals surface area contributed by atoms with Crippen molar-refractivity contribution < 1.29 is 22.7 Å². The molecule has 2 amide bonds. The molecule has 8 heteroatoms. The van der Waals surface area contributed by atoms with Crippen molar-refractivity contribution in [1.82, 2.24) is 10.2 Å². The fraction of sp³-hybridized carbons (Fsp3) is 0.391. The first kappa shape index (κ1) is 21.4. The van der Waals surface area contributed by atoms with Crippen LogP contribution in [0.3, 0.4) is 0 Å². The van der Waals surface area contributed by atoms with Gasteiger partial charge in [0.25, 0.3) is 5.91 Å². The largest absolute Gasteiger partial charge is 0.484 e. The van der Waals surface area contributed by atoms with Gasteiger partial charge < -0.3 is 15.0 Å². The lowest BCUT2D eigenvalue weighted by Crippen LogP contribution is -2.54. The van der Waals surface area contributed by atoms with E-state index in [1.807, 2.05) is 30.0 Å². The van der Waals surface area contributed by atoms with Gasteiger partial charge in [-0.2, -0.15) is 0 Å². The van der Waals surface area contributed by atoms with Gasteiger partial charge in [0.05, 0.1) is 23.4 Å². The second kappa shape index (κ2) is 8.00. The number of amides is 2. The van der Waals surface area contributed by atoms with Gasteiger partial charge in [-0.1, -0.05) is 23.8 Å². The molecule has 2 aliphatic heterocycles. The highest BCUT2D eigenvalue weighted by Crippen LogP contribution is 2.33. The lowest BCUT2D eigenvalue weighted by atomic mass is 9.90. The summed E-state index contributed by atoms with van der Waals surface area (Å²) in [5.74, 6) is 0.452. The Morgan fingerprint density at radius 3 is 2.45 bits per heavy atom. The summed E-state index contributed by atoms with van der Waals surface area (Å²) < 4.78 is 29.5. The number of carbonyl (C=O) groups is 2. The van der Waals surface area contributed by atoms with Gasteiger partial charge >= 0.3 is 0 Å². The highest BCUT2D eigenvalue weighted by Gasteiger charge is 2.40. The van der Waals surface area contributed by atoms with Crippen LogP contribution in [0, 0.1) is 6.92 Å². The number of nitrogens with one attached hydrogen (secondary N) is 1. The molecule has 0 atom stereocenters. The standard InChI is InChI=1S/C23H26N2O5S/c1-16-3-8-20-19(13-16)22(27)24-15-23(30-20)9-11-25(12-10-23)21(26)14-17-4-6-18(7-5-17)31(2,28)29/h3-8,13H,9-12,14-15H2,1-2H3,(H,24,27). The highest BCUT2D eigenvalue weighted by atomic mass is 32.2. The molecule has 4 rings (SSSR count). The van der Waals surface area contributed by atoms with Crippen molar-refractivity contribution in [3.63, 3.8) is 0 Å². The number of rotatable bonds is 3. The third-order valence-corrected chi connectivity index (χ3v) is 7.14. The molecule has 2 aromatic carbocycles. The van der Waals surface area contributed by atoms with Crippen LogP contribution < -0.4 is 10.1 Å². The molecule has 164 valence electrons. The summed E-state index contributed by atoms with van der Waals surface area (Å²) in [7, 11) is -3.25. The van der Waals surface area contributed by atoms with Gasteiger partial charge in [-0.3, -0.25) is 9.59 Å². The first-order valence-electron chi connectivity index (χ1n) is 10.3. The quantitative estimate of drug-likeness (QED) is 0.786. The van der Waals surface area contributed by atoms with E-state index in [0.717, 1.165) is 17.4 Å². The topological polar surface area (TPSA) is 92.8 Å². The van der Waals surface area contributed by atoms with Crippen molar-refractivity contribution in [2.45, 2.75) is 36.7 Å². The molecule has 7 nitrogen and oxygen atoms in total. The zero-order valence-corrected chi connectivity index (χ0v) is 18.5. The molecular weight excluding hydrogens is 416 g/mol. The van der Waals surface area contributed by atoms with Crippen molar-refractivity contribution in [2.75, 3.05) is 25.9 Å². The maximum Gasteiger partial charge on any atom is 0.255 e. The first-order chi connectivity index (χ1) is 14.7. The van der Waals surface area contributed by atoms with Crippen molar-refractivity contribution in [3.8, 4) is 5.75 Å². The number of piperidine rings is 1. The monoisotopic (exact) mass is 442 g/mol. The summed E-state index contributed by atoms with van der Waals surface area (Å²) >= 11 is 0. The van der Waals surface area contributed by atoms with Crippen LogP contribution in [-0.4, -0.2) is 56.6 Å². The van der Waals surface area contributed by atoms with Crippen LogP contribution in [-0.2, 0) is 21.1 Å². The van der Waals surface area contributed by atoms with Gasteiger partial charge in [0.1, 0.15) is 11.4 Å². The van der Waals surface area contributed by atoms with Crippen LogP contribution in [0.4, 0.5) is 0 Å². The molecule has 0 bridgehead atoms. The summed E-state index contributed by atoms with van der Waals surface area (Å²) in [5, 5.41) is 2.97. The minimum absolute atomic E-state index is 0.00404. The average molecular weight is 443 g/mol. The number of ether oxygens (including phenoxy) is 1. The zero-order chi connectivity index (χ0) is 22.2. The van der Waals surface area contributed by atoms with Crippen LogP contribution in [0.25, 0.3) is 0 Å². The molecule has 0 aromatic heterocycles. The number of aryl methyl sites for hydroxylation is 1. The molecule has 2 heterocycles. The van der Waals surface area contributed by atoms with E-state index in [-0.39, 0.29) is 23.1 Å². The second-order valence-electron chi connectivity index (χ2n) is 8.44. The maximum atomic E-state index is 12.8. The minimum Gasteiger partial charge on any atom is -0.484 e. The third kappa shape index (κ3) is 4.58. The fourth-order valence-electron chi connectivity index (χ4n) is 4.10. The normalized spacial score (nSPS) is 18.0. The summed E-state index contributed by atoms with van der Waals surface area (Å²) in [4.78, 5) is 27.3. The molecular formula is C23H26N2O5S. The number of nitrogens with zero attached hydrogens (tertiary/aromatic N) is 1. The molecule has 0 unspecified atom stereocenters. The molecule has 2 aromatic rings. The van der Waals surface area contributed by atoms with Crippen LogP contribution in [0.5, 0.6) is 5.75 Å². The van der Waals surface area contributed by atoms with E-state index in [2.05, 4.69) is 5.32 Å². The number of sulfone groups is 1. The van der Waals surface area contributed by atoms with E-state index in [9.17, 15) is 18.0 Å². The van der Waals surface area contributed by atoms with Gasteiger partial charge in [0, 0.05) is 32.2 Å². The molecule has 0 aliphatic carbocycles. The summed E-state index contributed by atoms with van der Waals surface area (Å²) in [6.07, 6.45) is 2.63. The average Bonchev–Trinajstić information content (AvgIpc) is 2.85. The van der Waals surface area contributed by atoms with Gasteiger partial charge in [-0.15, -0.1) is 0 Å². The summed E-state index contributed by atoms with van der Waals surface area (Å²) in [6, 6.07) is 12.0. The summed E-state index contributed by atoms with van der Waals surface area (Å²) in [5.41, 5.74) is 1.80. The number of hydrogen-bond donors (Lipinski definition) is 1. The Bertz CT molecular complexity index is 1120. The Hall–Kier alpha value is -2.87. The molecule has 31 heavy (non-hydrogen) atoms. The number of fused-ring (bicyclic) bond motifs is 1. The summed E-state index contributed by atoms with van der Waals surface area (Å²) in [6.45, 7) is 3.43. The van der Waals surface area contributed by atoms with E-state index in [1.54, 1.807) is 12.1 Å². The number of carbonyl (C=O) groups excluding carboxylic acids is 2. The SMILES string of the molecule is Cc1ccc2c(c1)C(=O)NCC1(CCN(C(=O)Cc3ccc(S(C)(=O)=O)cc3)CC1)O2. The predicted octanol–water partition coefficient (Wildman–Crippen LogP) is 2.12. The number of hydrogen-bond acceptors (Lipinski definition) is 5. The lowest BCUT2D eigenvalue weighted by molar-refractivity contribution is -0.133. The van der Waals surface area contributed by atoms with Crippen LogP contribution >= 0.6 is 0 Å². The predicted molar refractivity (Wildman–Crippen MR) is 116 cm³/mol. The van der Waals surface area contributed by atoms with E-state index in [0.29, 0.717) is 43.8 Å². The van der Waals surface area contributed by atoms with E-state index >= 15 is 0 Å². The maximum absolute atomic E-state index is 12.8. The minimum atomic E-state index is -3.25. The Balaban J connectivity index is 1.40. The van der Waals surface area contributed by atoms with Crippen molar-refractivity contribution >= 4 is 21.7 Å². The lowest BCUT2D eigenvalue weighted by Gasteiger charge is -2.41. The molecule has 1 N–H and O–H groups in total. The van der Waals surface area contributed by atoms with Crippen LogP contribution in [0.1, 0.15) is 34.3 Å². The van der Waals surface area contributed by atoms with Gasteiger partial charge in [-0.25, -0.2) is 8.42 Å². The third-order valence-electron chi connectivity index (χ3n) is 6.01. The van der Waals surface area contributed by atoms with E-state index in [1.165, 1.54) is 12.1 Å². The Morgan fingerprint density at radius 1 is 1.13 bits per heavy atom. The number of likely N-dealkylation sites (tertiary alicyclic amines) is 1. The molecule has 1 spiro atoms. The number of benzene rings is 2. The highest BCUT2D eigenvalue weighted by molar-refractivity contribution is 7.90. The van der Waals surface area contributed by atoms with Gasteiger partial charge in [-0.05, 0) is 36.8 Å². The molecule has 2 aliphatic rings. The Morgan fingerprint density at radius 2 is 1.81 bits per heavy atom. The fourth-order valence-corrected chi connectivity index (χ4v) is 4.73. The van der Waals surface area contributed by atoms with Gasteiger partial charge in [0.15, 0.2) is 9.84 Å². The first-order valence-corrected chi connectivity index (χ1v) is 12.2. The van der Waals surface area contributed by atoms with Crippen molar-refractivity contribution in [3.05, 3.63) is 59.2 Å². The Kier molecular flexibility index (Phi) is 5.51. The van der Waals surface area contributed by atoms with Crippen LogP contribution in [0.15, 0.2) is 47.4 Å². The van der Waals surface area contributed by atoms with Crippen molar-refractivity contribution in [2.24, 2.45) is 0 Å². The Labute approximate surface area is 182 Å². The zero-order valence-electron chi connectivity index (χ0n) is 17.7. The molecule has 0 saturated carbocycles. The van der Waals surface area contributed by atoms with Gasteiger partial charge in [0.2, 0.25) is 5.91 Å². The molecule has 1 saturated heterocycles. The van der Waals surface area contributed by atoms with E-state index < -0.39 is 15.4 Å². The molecule has 1 fully saturated rings. The van der Waals surface area contributed by atoms with Crippen LogP contribution in [0.2, 0.25) is 0 Å². The smallest absolute Gasteiger partial charge is 0.255 e. The van der Waals surface area contributed by atoms with Crippen molar-refractivity contribution in [1.29, 1.82) is 0 Å². The molecule has 0 radical (unpaired) electrons.